The third-order valence-electron chi connectivity index (χ3n) is 1.99. The molecule has 0 radical (unpaired) electrons. The summed E-state index contributed by atoms with van der Waals surface area (Å²) < 4.78 is 5.29. The molecule has 0 atom stereocenters. The highest BCUT2D eigenvalue weighted by Crippen LogP contribution is 2.33. The number of aromatic nitrogens is 2. The Bertz CT molecular complexity index is 587. The molecule has 1 aromatic heterocycles. The van der Waals surface area contributed by atoms with Gasteiger partial charge in [-0.25, -0.2) is 14.8 Å². The third-order valence-corrected chi connectivity index (χ3v) is 2.79. The number of hydrogen-bond donors (Lipinski definition) is 1. The van der Waals surface area contributed by atoms with Crippen molar-refractivity contribution in [2.75, 3.05) is 0 Å². The maximum atomic E-state index is 10.6. The average molecular weight is 285 g/mol. The number of carbonyl (C=O) groups is 1. The summed E-state index contributed by atoms with van der Waals surface area (Å²) in [5, 5.41) is 9.27. The molecule has 5 nitrogen and oxygen atoms in total. The number of nitrogens with zero attached hydrogens (tertiary/aromatic N) is 2. The molecule has 92 valence electrons. The molecular formula is C11H6Cl2N2O3. The lowest BCUT2D eigenvalue weighted by Gasteiger charge is -2.06. The molecule has 1 aromatic carbocycles. The zero-order valence-electron chi connectivity index (χ0n) is 8.80. The van der Waals surface area contributed by atoms with Crippen molar-refractivity contribution in [2.24, 2.45) is 0 Å². The van der Waals surface area contributed by atoms with E-state index < -0.39 is 5.97 Å². The third kappa shape index (κ3) is 2.69. The summed E-state index contributed by atoms with van der Waals surface area (Å²) in [5.41, 5.74) is -0.0282. The molecule has 0 aliphatic heterocycles. The summed E-state index contributed by atoms with van der Waals surface area (Å²) in [6.45, 7) is 0. The Balaban J connectivity index is 2.24. The van der Waals surface area contributed by atoms with Crippen LogP contribution in [0.25, 0.3) is 0 Å². The standard InChI is InChI=1S/C11H6Cl2N2O3/c12-7-2-1-3-8(9(7)13)18-11-14-4-6(5-15-11)10(16)17/h1-5H,(H,16,17). The molecule has 1 heterocycles. The van der Waals surface area contributed by atoms with Crippen LogP contribution < -0.4 is 4.74 Å². The van der Waals surface area contributed by atoms with Gasteiger partial charge in [-0.2, -0.15) is 0 Å². The minimum absolute atomic E-state index is 0.0100. The van der Waals surface area contributed by atoms with E-state index in [2.05, 4.69) is 9.97 Å². The molecular weight excluding hydrogens is 279 g/mol. The smallest absolute Gasteiger partial charge is 0.338 e. The first-order valence-electron chi connectivity index (χ1n) is 4.75. The molecule has 0 saturated carbocycles. The molecule has 0 spiro atoms. The van der Waals surface area contributed by atoms with Crippen molar-refractivity contribution in [2.45, 2.75) is 0 Å². The zero-order valence-corrected chi connectivity index (χ0v) is 10.3. The van der Waals surface area contributed by atoms with Crippen LogP contribution in [-0.2, 0) is 0 Å². The van der Waals surface area contributed by atoms with Crippen molar-refractivity contribution in [1.82, 2.24) is 9.97 Å². The number of benzene rings is 1. The lowest BCUT2D eigenvalue weighted by molar-refractivity contribution is 0.0696. The predicted molar refractivity (Wildman–Crippen MR) is 65.5 cm³/mol. The molecule has 0 aliphatic rings. The molecule has 0 bridgehead atoms. The van der Waals surface area contributed by atoms with Crippen LogP contribution in [0.4, 0.5) is 0 Å². The Morgan fingerprint density at radius 2 is 1.89 bits per heavy atom. The summed E-state index contributed by atoms with van der Waals surface area (Å²) in [4.78, 5) is 18.1. The summed E-state index contributed by atoms with van der Waals surface area (Å²) in [5.74, 6) is -0.811. The average Bonchev–Trinajstić information content (AvgIpc) is 2.36. The Morgan fingerprint density at radius 3 is 2.50 bits per heavy atom. The van der Waals surface area contributed by atoms with Gasteiger partial charge in [0.15, 0.2) is 5.75 Å². The van der Waals surface area contributed by atoms with E-state index >= 15 is 0 Å². The molecule has 0 amide bonds. The number of carboxylic acid groups (broad SMARTS) is 1. The number of hydrogen-bond acceptors (Lipinski definition) is 4. The number of halogens is 2. The monoisotopic (exact) mass is 284 g/mol. The second kappa shape index (κ2) is 5.20. The van der Waals surface area contributed by atoms with Gasteiger partial charge in [-0.15, -0.1) is 0 Å². The molecule has 1 N–H and O–H groups in total. The van der Waals surface area contributed by atoms with E-state index in [1.807, 2.05) is 0 Å². The van der Waals surface area contributed by atoms with Crippen molar-refractivity contribution < 1.29 is 14.6 Å². The van der Waals surface area contributed by atoms with Gasteiger partial charge in [0.2, 0.25) is 0 Å². The van der Waals surface area contributed by atoms with Crippen LogP contribution in [0.1, 0.15) is 10.4 Å². The van der Waals surface area contributed by atoms with Crippen LogP contribution in [0.5, 0.6) is 11.8 Å². The number of ether oxygens (including phenoxy) is 1. The summed E-state index contributed by atoms with van der Waals surface area (Å²) in [7, 11) is 0. The predicted octanol–water partition coefficient (Wildman–Crippen LogP) is 3.27. The molecule has 2 aromatic rings. The second-order valence-electron chi connectivity index (χ2n) is 3.21. The first-order valence-corrected chi connectivity index (χ1v) is 5.50. The van der Waals surface area contributed by atoms with Gasteiger partial charge >= 0.3 is 12.0 Å². The van der Waals surface area contributed by atoms with E-state index in [4.69, 9.17) is 33.0 Å². The number of rotatable bonds is 3. The lowest BCUT2D eigenvalue weighted by Crippen LogP contribution is -2.00. The van der Waals surface area contributed by atoms with Crippen molar-refractivity contribution in [1.29, 1.82) is 0 Å². The minimum Gasteiger partial charge on any atom is -0.478 e. The van der Waals surface area contributed by atoms with Crippen molar-refractivity contribution in [3.05, 3.63) is 46.2 Å². The Kier molecular flexibility index (Phi) is 3.64. The van der Waals surface area contributed by atoms with Crippen LogP contribution in [0.2, 0.25) is 10.0 Å². The van der Waals surface area contributed by atoms with Gasteiger partial charge in [0.25, 0.3) is 0 Å². The van der Waals surface area contributed by atoms with Gasteiger partial charge in [0.05, 0.1) is 10.6 Å². The van der Waals surface area contributed by atoms with Crippen LogP contribution in [0.15, 0.2) is 30.6 Å². The summed E-state index contributed by atoms with van der Waals surface area (Å²) in [6, 6.07) is 4.87. The highest BCUT2D eigenvalue weighted by atomic mass is 35.5. The zero-order chi connectivity index (χ0) is 13.1. The molecule has 0 aliphatic carbocycles. The largest absolute Gasteiger partial charge is 0.478 e. The van der Waals surface area contributed by atoms with Gasteiger partial charge in [-0.1, -0.05) is 29.3 Å². The van der Waals surface area contributed by atoms with E-state index in [1.165, 1.54) is 0 Å². The highest BCUT2D eigenvalue weighted by Gasteiger charge is 2.09. The van der Waals surface area contributed by atoms with E-state index in [-0.39, 0.29) is 16.6 Å². The molecule has 18 heavy (non-hydrogen) atoms. The van der Waals surface area contributed by atoms with E-state index in [1.54, 1.807) is 18.2 Å². The van der Waals surface area contributed by atoms with Crippen LogP contribution in [-0.4, -0.2) is 21.0 Å². The molecule has 0 fully saturated rings. The van der Waals surface area contributed by atoms with Gasteiger partial charge in [-0.05, 0) is 12.1 Å². The first kappa shape index (κ1) is 12.6. The maximum Gasteiger partial charge on any atom is 0.338 e. The fraction of sp³-hybridized carbons (Fsp3) is 0. The summed E-state index contributed by atoms with van der Waals surface area (Å²) >= 11 is 11.7. The SMILES string of the molecule is O=C(O)c1cnc(Oc2cccc(Cl)c2Cl)nc1. The van der Waals surface area contributed by atoms with Crippen LogP contribution in [0.3, 0.4) is 0 Å². The topological polar surface area (TPSA) is 72.3 Å². The lowest BCUT2D eigenvalue weighted by atomic mass is 10.3. The number of carboxylic acids is 1. The minimum atomic E-state index is -1.11. The van der Waals surface area contributed by atoms with Crippen molar-refractivity contribution in [3.8, 4) is 11.8 Å². The van der Waals surface area contributed by atoms with Crippen molar-refractivity contribution >= 4 is 29.2 Å². The quantitative estimate of drug-likeness (QED) is 0.936. The second-order valence-corrected chi connectivity index (χ2v) is 4.00. The number of aromatic carboxylic acids is 1. The molecule has 2 rings (SSSR count). The van der Waals surface area contributed by atoms with E-state index in [0.717, 1.165) is 12.4 Å². The molecule has 0 unspecified atom stereocenters. The normalized spacial score (nSPS) is 10.1. The van der Waals surface area contributed by atoms with E-state index in [9.17, 15) is 4.79 Å². The Morgan fingerprint density at radius 1 is 1.22 bits per heavy atom. The molecule has 7 heteroatoms. The Hall–Kier alpha value is -1.85. The summed E-state index contributed by atoms with van der Waals surface area (Å²) in [6.07, 6.45) is 2.28. The van der Waals surface area contributed by atoms with Gasteiger partial charge in [0.1, 0.15) is 5.02 Å². The van der Waals surface area contributed by atoms with Crippen molar-refractivity contribution in [3.63, 3.8) is 0 Å². The maximum absolute atomic E-state index is 10.6. The van der Waals surface area contributed by atoms with Gasteiger partial charge < -0.3 is 9.84 Å². The van der Waals surface area contributed by atoms with E-state index in [0.29, 0.717) is 10.8 Å². The fourth-order valence-corrected chi connectivity index (χ4v) is 1.47. The van der Waals surface area contributed by atoms with Gasteiger partial charge in [-0.3, -0.25) is 0 Å². The molecule has 0 saturated heterocycles. The first-order chi connectivity index (χ1) is 8.58. The van der Waals surface area contributed by atoms with Crippen LogP contribution >= 0.6 is 23.2 Å². The highest BCUT2D eigenvalue weighted by molar-refractivity contribution is 6.42. The Labute approximate surface area is 112 Å². The van der Waals surface area contributed by atoms with Crippen LogP contribution in [0, 0.1) is 0 Å². The fourth-order valence-electron chi connectivity index (χ4n) is 1.14. The van der Waals surface area contributed by atoms with Gasteiger partial charge in [0, 0.05) is 12.4 Å².